The average molecular weight is 451 g/mol. The lowest BCUT2D eigenvalue weighted by Gasteiger charge is -2.13. The van der Waals surface area contributed by atoms with Crippen LogP contribution in [0.1, 0.15) is 24.5 Å². The van der Waals surface area contributed by atoms with Gasteiger partial charge in [-0.3, -0.25) is 0 Å². The molecule has 0 amide bonds. The first kappa shape index (κ1) is 19.5. The van der Waals surface area contributed by atoms with Crippen molar-refractivity contribution in [2.75, 3.05) is 13.7 Å². The predicted molar refractivity (Wildman–Crippen MR) is 109 cm³/mol. The van der Waals surface area contributed by atoms with Crippen LogP contribution in [0.2, 0.25) is 5.02 Å². The van der Waals surface area contributed by atoms with Gasteiger partial charge in [0, 0.05) is 0 Å². The first-order chi connectivity index (χ1) is 13.0. The summed E-state index contributed by atoms with van der Waals surface area (Å²) in [6.45, 7) is 2.60. The Balaban J connectivity index is 1.95. The number of carbonyl (C=O) groups excluding carboxylic acids is 1. The quantitative estimate of drug-likeness (QED) is 0.446. The Hall–Kier alpha value is -2.31. The molecule has 1 aliphatic heterocycles. The monoisotopic (exact) mass is 449 g/mol. The van der Waals surface area contributed by atoms with Gasteiger partial charge in [0.2, 0.25) is 5.90 Å². The molecule has 1 heterocycles. The first-order valence-electron chi connectivity index (χ1n) is 8.31. The molecule has 5 nitrogen and oxygen atoms in total. The van der Waals surface area contributed by atoms with Gasteiger partial charge in [0.05, 0.1) is 28.8 Å². The summed E-state index contributed by atoms with van der Waals surface area (Å²) in [6, 6.07) is 10.7. The minimum Gasteiger partial charge on any atom is -0.493 e. The smallest absolute Gasteiger partial charge is 0.363 e. The van der Waals surface area contributed by atoms with Crippen LogP contribution in [0.5, 0.6) is 11.5 Å². The summed E-state index contributed by atoms with van der Waals surface area (Å²) in [5.74, 6) is 0.833. The average Bonchev–Trinajstić information content (AvgIpc) is 3.01. The molecule has 0 aromatic heterocycles. The second-order valence-electron chi connectivity index (χ2n) is 5.70. The van der Waals surface area contributed by atoms with Crippen molar-refractivity contribution in [3.63, 3.8) is 0 Å². The molecule has 0 radical (unpaired) electrons. The number of benzene rings is 2. The Kier molecular flexibility index (Phi) is 6.19. The molecule has 27 heavy (non-hydrogen) atoms. The molecule has 7 heteroatoms. The molecular formula is C20H17BrClNO4. The molecule has 0 fully saturated rings. The van der Waals surface area contributed by atoms with E-state index in [-0.39, 0.29) is 11.6 Å². The number of cyclic esters (lactones) is 1. The normalized spacial score (nSPS) is 14.9. The Morgan fingerprint density at radius 2 is 2.07 bits per heavy atom. The molecular weight excluding hydrogens is 434 g/mol. The largest absolute Gasteiger partial charge is 0.493 e. The van der Waals surface area contributed by atoms with Crippen molar-refractivity contribution >= 4 is 45.5 Å². The highest BCUT2D eigenvalue weighted by molar-refractivity contribution is 9.10. The van der Waals surface area contributed by atoms with E-state index in [1.165, 1.54) is 0 Å². The third-order valence-electron chi connectivity index (χ3n) is 3.73. The number of halogens is 2. The molecule has 0 atom stereocenters. The first-order valence-corrected chi connectivity index (χ1v) is 9.48. The van der Waals surface area contributed by atoms with Crippen LogP contribution in [0.25, 0.3) is 6.08 Å². The number of hydrogen-bond acceptors (Lipinski definition) is 5. The van der Waals surface area contributed by atoms with E-state index in [0.717, 1.165) is 16.5 Å². The van der Waals surface area contributed by atoms with Crippen molar-refractivity contribution in [1.82, 2.24) is 0 Å². The molecule has 0 aliphatic carbocycles. The van der Waals surface area contributed by atoms with E-state index in [4.69, 9.17) is 25.8 Å². The molecule has 0 unspecified atom stereocenters. The number of hydrogen-bond donors (Lipinski definition) is 0. The molecule has 140 valence electrons. The van der Waals surface area contributed by atoms with Crippen LogP contribution < -0.4 is 9.47 Å². The zero-order valence-corrected chi connectivity index (χ0v) is 17.1. The van der Waals surface area contributed by atoms with Crippen LogP contribution in [0.15, 0.2) is 51.6 Å². The lowest BCUT2D eigenvalue weighted by Crippen LogP contribution is -2.05. The third-order valence-corrected chi connectivity index (χ3v) is 4.65. The zero-order valence-electron chi connectivity index (χ0n) is 14.8. The maximum Gasteiger partial charge on any atom is 0.363 e. The predicted octanol–water partition coefficient (Wildman–Crippen LogP) is 5.24. The van der Waals surface area contributed by atoms with E-state index >= 15 is 0 Å². The Labute approximate surface area is 170 Å². The van der Waals surface area contributed by atoms with E-state index in [0.29, 0.717) is 28.7 Å². The SMILES string of the molecule is CCCOc1c(Br)cc(/C=C2\N=C(c3ccccc3Cl)OC2=O)cc1OC. The summed E-state index contributed by atoms with van der Waals surface area (Å²) in [6.07, 6.45) is 2.51. The van der Waals surface area contributed by atoms with Crippen LogP contribution in [0, 0.1) is 0 Å². The van der Waals surface area contributed by atoms with Gasteiger partial charge < -0.3 is 14.2 Å². The van der Waals surface area contributed by atoms with Gasteiger partial charge >= 0.3 is 5.97 Å². The molecule has 0 N–H and O–H groups in total. The fourth-order valence-corrected chi connectivity index (χ4v) is 3.27. The molecule has 1 aliphatic rings. The van der Waals surface area contributed by atoms with Crippen LogP contribution >= 0.6 is 27.5 Å². The van der Waals surface area contributed by atoms with Gasteiger partial charge in [-0.2, -0.15) is 0 Å². The van der Waals surface area contributed by atoms with Gasteiger partial charge in [-0.25, -0.2) is 9.79 Å². The van der Waals surface area contributed by atoms with Crippen LogP contribution in [0.4, 0.5) is 0 Å². The number of rotatable bonds is 6. The summed E-state index contributed by atoms with van der Waals surface area (Å²) in [5.41, 5.74) is 1.47. The summed E-state index contributed by atoms with van der Waals surface area (Å²) in [4.78, 5) is 16.5. The summed E-state index contributed by atoms with van der Waals surface area (Å²) in [7, 11) is 1.56. The minimum atomic E-state index is -0.536. The zero-order chi connectivity index (χ0) is 19.4. The molecule has 0 saturated carbocycles. The topological polar surface area (TPSA) is 57.1 Å². The fraction of sp³-hybridized carbons (Fsp3) is 0.200. The van der Waals surface area contributed by atoms with Crippen molar-refractivity contribution in [2.45, 2.75) is 13.3 Å². The Morgan fingerprint density at radius 1 is 1.30 bits per heavy atom. The molecule has 0 spiro atoms. The lowest BCUT2D eigenvalue weighted by atomic mass is 10.1. The number of methoxy groups -OCH3 is 1. The maximum absolute atomic E-state index is 12.2. The van der Waals surface area contributed by atoms with Crippen LogP contribution in [-0.4, -0.2) is 25.6 Å². The standard InChI is InChI=1S/C20H17BrClNO4/c1-3-8-26-18-14(21)9-12(11-17(18)25-2)10-16-20(24)27-19(23-16)13-6-4-5-7-15(13)22/h4-7,9-11H,3,8H2,1-2H3/b16-10-. The van der Waals surface area contributed by atoms with Crippen molar-refractivity contribution in [3.8, 4) is 11.5 Å². The van der Waals surface area contributed by atoms with Crippen molar-refractivity contribution < 1.29 is 19.0 Å². The summed E-state index contributed by atoms with van der Waals surface area (Å²) in [5, 5.41) is 0.465. The van der Waals surface area contributed by atoms with E-state index in [9.17, 15) is 4.79 Å². The van der Waals surface area contributed by atoms with Gasteiger partial charge in [0.15, 0.2) is 17.2 Å². The molecule has 2 aromatic rings. The third kappa shape index (κ3) is 4.34. The Bertz CT molecular complexity index is 940. The fourth-order valence-electron chi connectivity index (χ4n) is 2.48. The van der Waals surface area contributed by atoms with E-state index in [1.807, 2.05) is 13.0 Å². The summed E-state index contributed by atoms with van der Waals surface area (Å²) < 4.78 is 17.1. The van der Waals surface area contributed by atoms with Gasteiger partial charge in [-0.15, -0.1) is 0 Å². The summed E-state index contributed by atoms with van der Waals surface area (Å²) >= 11 is 9.64. The molecule has 2 aromatic carbocycles. The highest BCUT2D eigenvalue weighted by atomic mass is 79.9. The molecule has 0 bridgehead atoms. The number of ether oxygens (including phenoxy) is 3. The van der Waals surface area contributed by atoms with Crippen molar-refractivity contribution in [2.24, 2.45) is 4.99 Å². The Morgan fingerprint density at radius 3 is 2.78 bits per heavy atom. The number of carbonyl (C=O) groups is 1. The van der Waals surface area contributed by atoms with Crippen LogP contribution in [-0.2, 0) is 9.53 Å². The highest BCUT2D eigenvalue weighted by Crippen LogP contribution is 2.37. The maximum atomic E-state index is 12.2. The lowest BCUT2D eigenvalue weighted by molar-refractivity contribution is -0.129. The van der Waals surface area contributed by atoms with E-state index in [1.54, 1.807) is 43.5 Å². The van der Waals surface area contributed by atoms with Gasteiger partial charge in [0.1, 0.15) is 0 Å². The van der Waals surface area contributed by atoms with Gasteiger partial charge in [0.25, 0.3) is 0 Å². The molecule has 0 saturated heterocycles. The second-order valence-corrected chi connectivity index (χ2v) is 6.96. The van der Waals surface area contributed by atoms with E-state index in [2.05, 4.69) is 20.9 Å². The molecule has 3 rings (SSSR count). The highest BCUT2D eigenvalue weighted by Gasteiger charge is 2.25. The van der Waals surface area contributed by atoms with E-state index < -0.39 is 5.97 Å². The number of aliphatic imine (C=N–C) groups is 1. The second kappa shape index (κ2) is 8.59. The van der Waals surface area contributed by atoms with Gasteiger partial charge in [-0.05, 0) is 58.3 Å². The minimum absolute atomic E-state index is 0.182. The van der Waals surface area contributed by atoms with Crippen molar-refractivity contribution in [1.29, 1.82) is 0 Å². The van der Waals surface area contributed by atoms with Crippen LogP contribution in [0.3, 0.4) is 0 Å². The number of nitrogens with zero attached hydrogens (tertiary/aromatic N) is 1. The van der Waals surface area contributed by atoms with Crippen molar-refractivity contribution in [3.05, 3.63) is 62.7 Å². The number of esters is 1. The van der Waals surface area contributed by atoms with Gasteiger partial charge in [-0.1, -0.05) is 30.7 Å².